The molecule has 0 bridgehead atoms. The summed E-state index contributed by atoms with van der Waals surface area (Å²) in [5, 5.41) is 2.86. The Morgan fingerprint density at radius 1 is 1.42 bits per heavy atom. The molecule has 2 nitrogen and oxygen atoms in total. The summed E-state index contributed by atoms with van der Waals surface area (Å²) in [5.41, 5.74) is 10.3. The first-order valence-corrected chi connectivity index (χ1v) is 4.10. The van der Waals surface area contributed by atoms with E-state index in [0.717, 1.165) is 11.3 Å². The number of anilines is 1. The van der Waals surface area contributed by atoms with Crippen LogP contribution in [0.3, 0.4) is 0 Å². The molecule has 12 heavy (non-hydrogen) atoms. The van der Waals surface area contributed by atoms with E-state index in [9.17, 15) is 0 Å². The second-order valence-corrected chi connectivity index (χ2v) is 3.18. The van der Waals surface area contributed by atoms with Crippen molar-refractivity contribution < 1.29 is 0 Å². The lowest BCUT2D eigenvalue weighted by Crippen LogP contribution is -2.09. The van der Waals surface area contributed by atoms with E-state index in [1.807, 2.05) is 26.0 Å². The Bertz CT molecular complexity index is 307. The highest BCUT2D eigenvalue weighted by Gasteiger charge is 1.97. The molecular formula is C9H11N2S. The topological polar surface area (TPSA) is 35.8 Å². The number of benzene rings is 1. The van der Waals surface area contributed by atoms with Gasteiger partial charge < -0.3 is 5.32 Å². The van der Waals surface area contributed by atoms with Crippen LogP contribution in [-0.4, -0.2) is 5.11 Å². The quantitative estimate of drug-likeness (QED) is 0.671. The SMILES string of the molecule is Cc1ccc(NC([NH])=S)c(C)c1. The lowest BCUT2D eigenvalue weighted by molar-refractivity contribution is 1.38. The summed E-state index contributed by atoms with van der Waals surface area (Å²) in [4.78, 5) is 0. The summed E-state index contributed by atoms with van der Waals surface area (Å²) in [6.45, 7) is 4.03. The average Bonchev–Trinajstić information content (AvgIpc) is 1.94. The summed E-state index contributed by atoms with van der Waals surface area (Å²) < 4.78 is 0. The predicted molar refractivity (Wildman–Crippen MR) is 55.2 cm³/mol. The maximum atomic E-state index is 7.09. The molecule has 0 fully saturated rings. The van der Waals surface area contributed by atoms with E-state index in [1.165, 1.54) is 5.56 Å². The van der Waals surface area contributed by atoms with Crippen molar-refractivity contribution in [2.24, 2.45) is 0 Å². The summed E-state index contributed by atoms with van der Waals surface area (Å²) in [6, 6.07) is 5.99. The smallest absolute Gasteiger partial charge is 0.189 e. The predicted octanol–water partition coefficient (Wildman–Crippen LogP) is 2.28. The second kappa shape index (κ2) is 3.54. The van der Waals surface area contributed by atoms with Gasteiger partial charge >= 0.3 is 0 Å². The molecule has 0 spiro atoms. The average molecular weight is 179 g/mol. The lowest BCUT2D eigenvalue weighted by atomic mass is 10.1. The van der Waals surface area contributed by atoms with Crippen molar-refractivity contribution >= 4 is 23.0 Å². The van der Waals surface area contributed by atoms with Gasteiger partial charge in [0.05, 0.1) is 0 Å². The fraction of sp³-hybridized carbons (Fsp3) is 0.222. The van der Waals surface area contributed by atoms with Gasteiger partial charge in [0.1, 0.15) is 0 Å². The number of rotatable bonds is 1. The molecule has 0 unspecified atom stereocenters. The minimum Gasteiger partial charge on any atom is -0.331 e. The van der Waals surface area contributed by atoms with Crippen LogP contribution in [0.1, 0.15) is 11.1 Å². The van der Waals surface area contributed by atoms with Gasteiger partial charge in [-0.2, -0.15) is 0 Å². The normalized spacial score (nSPS) is 9.50. The highest BCUT2D eigenvalue weighted by Crippen LogP contribution is 2.15. The van der Waals surface area contributed by atoms with E-state index < -0.39 is 0 Å². The number of hydrogen-bond donors (Lipinski definition) is 1. The first-order valence-electron chi connectivity index (χ1n) is 3.69. The van der Waals surface area contributed by atoms with E-state index in [4.69, 9.17) is 5.73 Å². The van der Waals surface area contributed by atoms with Crippen LogP contribution in [0, 0.1) is 13.8 Å². The minimum atomic E-state index is 0.0574. The molecular weight excluding hydrogens is 168 g/mol. The number of aryl methyl sites for hydroxylation is 2. The third kappa shape index (κ3) is 2.20. The second-order valence-electron chi connectivity index (χ2n) is 2.77. The summed E-state index contributed by atoms with van der Waals surface area (Å²) in [7, 11) is 0. The van der Waals surface area contributed by atoms with Gasteiger partial charge in [-0.3, -0.25) is 5.73 Å². The number of thiocarbonyl (C=S) groups is 1. The molecule has 0 aliphatic rings. The Kier molecular flexibility index (Phi) is 2.65. The van der Waals surface area contributed by atoms with Crippen molar-refractivity contribution in [1.29, 1.82) is 0 Å². The summed E-state index contributed by atoms with van der Waals surface area (Å²) in [5.74, 6) is 0. The van der Waals surface area contributed by atoms with Gasteiger partial charge in [-0.05, 0) is 37.7 Å². The standard InChI is InChI=1S/C9H11N2S/c1-6-3-4-8(7(2)5-6)11-9(10)12/h3-5,10H,1-2H3,(H,11,12). The molecule has 0 heterocycles. The monoisotopic (exact) mass is 179 g/mol. The maximum absolute atomic E-state index is 7.09. The summed E-state index contributed by atoms with van der Waals surface area (Å²) in [6.07, 6.45) is 0. The molecule has 0 aliphatic heterocycles. The number of hydrogen-bond acceptors (Lipinski definition) is 1. The Balaban J connectivity index is 2.93. The molecule has 0 saturated carbocycles. The van der Waals surface area contributed by atoms with Crippen LogP contribution in [0.4, 0.5) is 5.69 Å². The summed E-state index contributed by atoms with van der Waals surface area (Å²) >= 11 is 4.63. The van der Waals surface area contributed by atoms with Gasteiger partial charge in [0.15, 0.2) is 5.11 Å². The molecule has 0 atom stereocenters. The minimum absolute atomic E-state index is 0.0574. The Morgan fingerprint density at radius 2 is 2.08 bits per heavy atom. The van der Waals surface area contributed by atoms with E-state index in [1.54, 1.807) is 0 Å². The van der Waals surface area contributed by atoms with Crippen LogP contribution < -0.4 is 11.1 Å². The Morgan fingerprint density at radius 3 is 2.58 bits per heavy atom. The van der Waals surface area contributed by atoms with Crippen molar-refractivity contribution in [2.45, 2.75) is 13.8 Å². The number of nitrogens with one attached hydrogen (secondary N) is 2. The van der Waals surface area contributed by atoms with Crippen molar-refractivity contribution in [1.82, 2.24) is 5.73 Å². The van der Waals surface area contributed by atoms with Gasteiger partial charge in [-0.25, -0.2) is 0 Å². The van der Waals surface area contributed by atoms with Gasteiger partial charge in [-0.1, -0.05) is 17.7 Å². The van der Waals surface area contributed by atoms with Crippen LogP contribution in [-0.2, 0) is 0 Å². The molecule has 1 aromatic carbocycles. The van der Waals surface area contributed by atoms with Crippen LogP contribution in [0.5, 0.6) is 0 Å². The lowest BCUT2D eigenvalue weighted by Gasteiger charge is -2.06. The van der Waals surface area contributed by atoms with Crippen molar-refractivity contribution in [3.05, 3.63) is 29.3 Å². The third-order valence-electron chi connectivity index (χ3n) is 1.63. The molecule has 0 aliphatic carbocycles. The molecule has 63 valence electrons. The molecule has 0 aromatic heterocycles. The first kappa shape index (κ1) is 9.00. The molecule has 2 N–H and O–H groups in total. The van der Waals surface area contributed by atoms with Gasteiger partial charge in [-0.15, -0.1) is 0 Å². The van der Waals surface area contributed by atoms with Crippen LogP contribution in [0.2, 0.25) is 0 Å². The molecule has 1 radical (unpaired) electrons. The van der Waals surface area contributed by atoms with E-state index in [-0.39, 0.29) is 5.11 Å². The third-order valence-corrected chi connectivity index (χ3v) is 1.73. The maximum Gasteiger partial charge on any atom is 0.189 e. The zero-order valence-corrected chi connectivity index (χ0v) is 7.96. The van der Waals surface area contributed by atoms with E-state index >= 15 is 0 Å². The molecule has 0 amide bonds. The Labute approximate surface area is 77.8 Å². The van der Waals surface area contributed by atoms with Gasteiger partial charge in [0.2, 0.25) is 0 Å². The first-order chi connectivity index (χ1) is 5.59. The molecule has 1 rings (SSSR count). The highest BCUT2D eigenvalue weighted by atomic mass is 32.1. The van der Waals surface area contributed by atoms with Gasteiger partial charge in [0, 0.05) is 5.69 Å². The van der Waals surface area contributed by atoms with Crippen molar-refractivity contribution in [2.75, 3.05) is 5.32 Å². The van der Waals surface area contributed by atoms with Crippen molar-refractivity contribution in [3.63, 3.8) is 0 Å². The zero-order valence-electron chi connectivity index (χ0n) is 7.14. The van der Waals surface area contributed by atoms with Crippen LogP contribution in [0.15, 0.2) is 18.2 Å². The highest BCUT2D eigenvalue weighted by molar-refractivity contribution is 7.80. The van der Waals surface area contributed by atoms with Crippen molar-refractivity contribution in [3.8, 4) is 0 Å². The Hall–Kier alpha value is -1.09. The fourth-order valence-corrected chi connectivity index (χ4v) is 1.19. The van der Waals surface area contributed by atoms with Crippen LogP contribution >= 0.6 is 12.2 Å². The van der Waals surface area contributed by atoms with Gasteiger partial charge in [0.25, 0.3) is 0 Å². The molecule has 3 heteroatoms. The molecule has 0 saturated heterocycles. The largest absolute Gasteiger partial charge is 0.331 e. The zero-order chi connectivity index (χ0) is 9.14. The van der Waals surface area contributed by atoms with E-state index in [0.29, 0.717) is 0 Å². The fourth-order valence-electron chi connectivity index (χ4n) is 1.08. The molecule has 1 aromatic rings. The van der Waals surface area contributed by atoms with E-state index in [2.05, 4.69) is 23.6 Å². The van der Waals surface area contributed by atoms with Crippen LogP contribution in [0.25, 0.3) is 0 Å².